The number of rotatable bonds is 5. The number of nitrogens with one attached hydrogen (secondary N) is 1. The lowest BCUT2D eigenvalue weighted by Crippen LogP contribution is -2.43. The van der Waals surface area contributed by atoms with Gasteiger partial charge < -0.3 is 5.32 Å². The van der Waals surface area contributed by atoms with Crippen molar-refractivity contribution < 1.29 is 18.8 Å². The van der Waals surface area contributed by atoms with Gasteiger partial charge in [0.25, 0.3) is 11.7 Å². The third-order valence-electron chi connectivity index (χ3n) is 3.37. The van der Waals surface area contributed by atoms with E-state index in [0.717, 1.165) is 29.9 Å². The van der Waals surface area contributed by atoms with E-state index in [-0.39, 0.29) is 29.7 Å². The lowest BCUT2D eigenvalue weighted by atomic mass is 10.1. The zero-order valence-corrected chi connectivity index (χ0v) is 12.0. The van der Waals surface area contributed by atoms with Crippen molar-refractivity contribution in [3.63, 3.8) is 0 Å². The third kappa shape index (κ3) is 3.09. The Balaban J connectivity index is 2.14. The maximum Gasteiger partial charge on any atom is 0.299 e. The fourth-order valence-corrected chi connectivity index (χ4v) is 2.39. The molecule has 1 unspecified atom stereocenters. The van der Waals surface area contributed by atoms with Gasteiger partial charge in [-0.15, -0.1) is 0 Å². The first-order valence-corrected chi connectivity index (χ1v) is 6.89. The van der Waals surface area contributed by atoms with Crippen molar-refractivity contribution in [2.24, 2.45) is 0 Å². The number of ketones is 1. The van der Waals surface area contributed by atoms with Crippen molar-refractivity contribution in [2.75, 3.05) is 11.4 Å². The van der Waals surface area contributed by atoms with Gasteiger partial charge in [-0.05, 0) is 31.5 Å². The van der Waals surface area contributed by atoms with Gasteiger partial charge in [0.15, 0.2) is 0 Å². The molecule has 112 valence electrons. The number of Topliss-reactive ketones (excluding diaryl/α,β-unsaturated/α-hetero) is 1. The summed E-state index contributed by atoms with van der Waals surface area (Å²) in [6.45, 7) is 3.59. The molecule has 21 heavy (non-hydrogen) atoms. The fourth-order valence-electron chi connectivity index (χ4n) is 2.39. The molecule has 0 aliphatic carbocycles. The largest absolute Gasteiger partial charge is 0.352 e. The van der Waals surface area contributed by atoms with Gasteiger partial charge in [-0.1, -0.05) is 13.3 Å². The Morgan fingerprint density at radius 3 is 2.76 bits per heavy atom. The second-order valence-electron chi connectivity index (χ2n) is 5.14. The molecule has 5 nitrogen and oxygen atoms in total. The highest BCUT2D eigenvalue weighted by atomic mass is 19.1. The SMILES string of the molecule is CCCC(C)NC(=O)CN1C(=O)C(=O)c2ccc(F)cc21. The number of nitrogens with zero attached hydrogens (tertiary/aromatic N) is 1. The van der Waals surface area contributed by atoms with Gasteiger partial charge in [0.05, 0.1) is 11.3 Å². The Hall–Kier alpha value is -2.24. The summed E-state index contributed by atoms with van der Waals surface area (Å²) in [7, 11) is 0. The molecule has 1 aromatic carbocycles. The summed E-state index contributed by atoms with van der Waals surface area (Å²) >= 11 is 0. The van der Waals surface area contributed by atoms with Crippen LogP contribution in [0.5, 0.6) is 0 Å². The average Bonchev–Trinajstić information content (AvgIpc) is 2.64. The van der Waals surface area contributed by atoms with Crippen LogP contribution in [0.4, 0.5) is 10.1 Å². The lowest BCUT2D eigenvalue weighted by Gasteiger charge is -2.18. The van der Waals surface area contributed by atoms with Crippen LogP contribution >= 0.6 is 0 Å². The Kier molecular flexibility index (Phi) is 4.35. The second kappa shape index (κ2) is 6.03. The van der Waals surface area contributed by atoms with Gasteiger partial charge in [0.1, 0.15) is 12.4 Å². The summed E-state index contributed by atoms with van der Waals surface area (Å²) < 4.78 is 13.3. The predicted molar refractivity (Wildman–Crippen MR) is 75.6 cm³/mol. The van der Waals surface area contributed by atoms with Crippen LogP contribution in [0, 0.1) is 5.82 Å². The second-order valence-corrected chi connectivity index (χ2v) is 5.14. The van der Waals surface area contributed by atoms with E-state index in [9.17, 15) is 18.8 Å². The smallest absolute Gasteiger partial charge is 0.299 e. The molecule has 1 aliphatic heterocycles. The van der Waals surface area contributed by atoms with Crippen LogP contribution in [0.1, 0.15) is 37.0 Å². The number of anilines is 1. The molecule has 0 saturated heterocycles. The highest BCUT2D eigenvalue weighted by Gasteiger charge is 2.37. The molecule has 6 heteroatoms. The molecule has 1 atom stereocenters. The molecule has 0 fully saturated rings. The van der Waals surface area contributed by atoms with Crippen LogP contribution in [0.25, 0.3) is 0 Å². The van der Waals surface area contributed by atoms with Crippen LogP contribution in [-0.4, -0.2) is 30.2 Å². The number of fused-ring (bicyclic) bond motifs is 1. The van der Waals surface area contributed by atoms with Crippen LogP contribution < -0.4 is 10.2 Å². The molecule has 2 amide bonds. The molecular formula is C15H17FN2O3. The Bertz CT molecular complexity index is 601. The maximum atomic E-state index is 13.3. The first kappa shape index (κ1) is 15.2. The van der Waals surface area contributed by atoms with Gasteiger partial charge in [0.2, 0.25) is 5.91 Å². The first-order chi connectivity index (χ1) is 9.93. The van der Waals surface area contributed by atoms with Crippen molar-refractivity contribution in [1.29, 1.82) is 0 Å². The zero-order chi connectivity index (χ0) is 15.6. The topological polar surface area (TPSA) is 66.5 Å². The molecule has 2 rings (SSSR count). The number of benzene rings is 1. The van der Waals surface area contributed by atoms with E-state index in [1.165, 1.54) is 6.07 Å². The van der Waals surface area contributed by atoms with Crippen LogP contribution in [0.2, 0.25) is 0 Å². The fraction of sp³-hybridized carbons (Fsp3) is 0.400. The van der Waals surface area contributed by atoms with E-state index in [4.69, 9.17) is 0 Å². The standard InChI is InChI=1S/C15H17FN2O3/c1-3-4-9(2)17-13(19)8-18-12-7-10(16)5-6-11(12)14(20)15(18)21/h5-7,9H,3-4,8H2,1-2H3,(H,17,19). The van der Waals surface area contributed by atoms with E-state index in [1.807, 2.05) is 13.8 Å². The van der Waals surface area contributed by atoms with Crippen molar-refractivity contribution in [3.8, 4) is 0 Å². The van der Waals surface area contributed by atoms with Crippen molar-refractivity contribution in [1.82, 2.24) is 5.32 Å². The van der Waals surface area contributed by atoms with Crippen molar-refractivity contribution in [2.45, 2.75) is 32.7 Å². The molecule has 0 radical (unpaired) electrons. The lowest BCUT2D eigenvalue weighted by molar-refractivity contribution is -0.122. The molecule has 1 heterocycles. The average molecular weight is 292 g/mol. The number of halogens is 1. The summed E-state index contributed by atoms with van der Waals surface area (Å²) in [6.07, 6.45) is 1.75. The van der Waals surface area contributed by atoms with Crippen molar-refractivity contribution >= 4 is 23.3 Å². The summed E-state index contributed by atoms with van der Waals surface area (Å²) in [5.41, 5.74) is 0.291. The van der Waals surface area contributed by atoms with Gasteiger partial charge >= 0.3 is 0 Å². The van der Waals surface area contributed by atoms with Crippen molar-refractivity contribution in [3.05, 3.63) is 29.6 Å². The van der Waals surface area contributed by atoms with E-state index in [2.05, 4.69) is 5.32 Å². The molecule has 1 aliphatic rings. The maximum absolute atomic E-state index is 13.3. The predicted octanol–water partition coefficient (Wildman–Crippen LogP) is 1.66. The number of carbonyl (C=O) groups is 3. The zero-order valence-electron chi connectivity index (χ0n) is 12.0. The Morgan fingerprint density at radius 2 is 2.10 bits per heavy atom. The summed E-state index contributed by atoms with van der Waals surface area (Å²) in [5, 5.41) is 2.75. The molecule has 1 N–H and O–H groups in total. The van der Waals surface area contributed by atoms with E-state index >= 15 is 0 Å². The van der Waals surface area contributed by atoms with E-state index in [0.29, 0.717) is 0 Å². The molecule has 0 spiro atoms. The molecular weight excluding hydrogens is 275 g/mol. The molecule has 0 aromatic heterocycles. The number of carbonyl (C=O) groups excluding carboxylic acids is 3. The Morgan fingerprint density at radius 1 is 1.38 bits per heavy atom. The molecule has 0 saturated carbocycles. The number of amides is 2. The monoisotopic (exact) mass is 292 g/mol. The summed E-state index contributed by atoms with van der Waals surface area (Å²) in [4.78, 5) is 36.6. The van der Waals surface area contributed by atoms with E-state index < -0.39 is 17.5 Å². The van der Waals surface area contributed by atoms with Gasteiger partial charge in [-0.25, -0.2) is 4.39 Å². The highest BCUT2D eigenvalue weighted by molar-refractivity contribution is 6.52. The van der Waals surface area contributed by atoms with Gasteiger partial charge in [0, 0.05) is 6.04 Å². The third-order valence-corrected chi connectivity index (χ3v) is 3.37. The minimum Gasteiger partial charge on any atom is -0.352 e. The quantitative estimate of drug-likeness (QED) is 0.839. The summed E-state index contributed by atoms with van der Waals surface area (Å²) in [5.74, 6) is -2.43. The van der Waals surface area contributed by atoms with Crippen LogP contribution in [-0.2, 0) is 9.59 Å². The van der Waals surface area contributed by atoms with Gasteiger partial charge in [-0.2, -0.15) is 0 Å². The minimum atomic E-state index is -0.797. The minimum absolute atomic E-state index is 0.0112. The number of hydrogen-bond acceptors (Lipinski definition) is 3. The van der Waals surface area contributed by atoms with Gasteiger partial charge in [-0.3, -0.25) is 19.3 Å². The Labute approximate surface area is 122 Å². The highest BCUT2D eigenvalue weighted by Crippen LogP contribution is 2.29. The number of hydrogen-bond donors (Lipinski definition) is 1. The molecule has 1 aromatic rings. The summed E-state index contributed by atoms with van der Waals surface area (Å²) in [6, 6.07) is 3.48. The van der Waals surface area contributed by atoms with Crippen LogP contribution in [0.3, 0.4) is 0 Å². The normalized spacial score (nSPS) is 15.1. The van der Waals surface area contributed by atoms with E-state index in [1.54, 1.807) is 0 Å². The van der Waals surface area contributed by atoms with Crippen LogP contribution in [0.15, 0.2) is 18.2 Å². The first-order valence-electron chi connectivity index (χ1n) is 6.89. The molecule has 0 bridgehead atoms.